The van der Waals surface area contributed by atoms with Crippen molar-refractivity contribution < 1.29 is 0 Å². The largest absolute Gasteiger partial charge is 0.255 e. The van der Waals surface area contributed by atoms with Crippen LogP contribution in [-0.4, -0.2) is 15.0 Å². The summed E-state index contributed by atoms with van der Waals surface area (Å²) in [7, 11) is 0. The first-order valence-corrected chi connectivity index (χ1v) is 6.47. The van der Waals surface area contributed by atoms with Gasteiger partial charge < -0.3 is 0 Å². The first-order chi connectivity index (χ1) is 9.35. The molecule has 4 nitrogen and oxygen atoms in total. The molecule has 0 bridgehead atoms. The lowest BCUT2D eigenvalue weighted by Crippen LogP contribution is -1.89. The second kappa shape index (κ2) is 4.96. The van der Waals surface area contributed by atoms with Gasteiger partial charge in [-0.25, -0.2) is 9.97 Å². The van der Waals surface area contributed by atoms with E-state index in [2.05, 4.69) is 21.0 Å². The van der Waals surface area contributed by atoms with Crippen molar-refractivity contribution in [1.82, 2.24) is 15.0 Å². The van der Waals surface area contributed by atoms with Crippen LogP contribution in [0, 0.1) is 11.3 Å². The van der Waals surface area contributed by atoms with Crippen LogP contribution < -0.4 is 0 Å². The van der Waals surface area contributed by atoms with E-state index < -0.39 is 0 Å². The van der Waals surface area contributed by atoms with Crippen molar-refractivity contribution in [3.63, 3.8) is 0 Å². The molecule has 3 heterocycles. The Morgan fingerprint density at radius 1 is 1.21 bits per heavy atom. The first-order valence-electron chi connectivity index (χ1n) is 5.59. The van der Waals surface area contributed by atoms with Gasteiger partial charge in [-0.1, -0.05) is 0 Å². The quantitative estimate of drug-likeness (QED) is 0.713. The van der Waals surface area contributed by atoms with Gasteiger partial charge in [0.15, 0.2) is 5.82 Å². The fraction of sp³-hybridized carbons (Fsp3) is 0. The Morgan fingerprint density at radius 3 is 3.05 bits per heavy atom. The Hall–Kier alpha value is -2.58. The van der Waals surface area contributed by atoms with Crippen molar-refractivity contribution in [1.29, 1.82) is 5.26 Å². The molecule has 90 valence electrons. The summed E-state index contributed by atoms with van der Waals surface area (Å²) in [5.41, 5.74) is 2.35. The maximum Gasteiger partial charge on any atom is 0.153 e. The number of nitriles is 1. The maximum absolute atomic E-state index is 8.77. The first kappa shape index (κ1) is 11.5. The summed E-state index contributed by atoms with van der Waals surface area (Å²) in [6, 6.07) is 7.63. The molecule has 0 fully saturated rings. The minimum absolute atomic E-state index is 0.362. The van der Waals surface area contributed by atoms with Crippen LogP contribution in [0.4, 0.5) is 0 Å². The molecule has 0 spiro atoms. The van der Waals surface area contributed by atoms with E-state index in [-0.39, 0.29) is 0 Å². The van der Waals surface area contributed by atoms with Crippen LogP contribution in [-0.2, 0) is 0 Å². The van der Waals surface area contributed by atoms with Gasteiger partial charge in [0, 0.05) is 12.4 Å². The highest BCUT2D eigenvalue weighted by atomic mass is 32.1. The zero-order valence-electron chi connectivity index (χ0n) is 9.82. The number of nitrogens with zero attached hydrogens (tertiary/aromatic N) is 4. The Labute approximate surface area is 113 Å². The fourth-order valence-corrected chi connectivity index (χ4v) is 2.43. The molecule has 0 amide bonds. The Bertz CT molecular complexity index is 798. The summed E-state index contributed by atoms with van der Waals surface area (Å²) in [4.78, 5) is 12.5. The monoisotopic (exact) mass is 264 g/mol. The third-order valence-electron chi connectivity index (χ3n) is 2.54. The lowest BCUT2D eigenvalue weighted by atomic mass is 10.2. The van der Waals surface area contributed by atoms with Crippen molar-refractivity contribution in [2.24, 2.45) is 0 Å². The minimum Gasteiger partial charge on any atom is -0.255 e. The topological polar surface area (TPSA) is 62.5 Å². The minimum atomic E-state index is 0.362. The van der Waals surface area contributed by atoms with E-state index in [0.29, 0.717) is 11.5 Å². The lowest BCUT2D eigenvalue weighted by Gasteiger charge is -1.94. The SMILES string of the molecule is N#Cc1ccnc(C=Cc2cnc3ccsc3c2)n1. The molecule has 0 atom stereocenters. The highest BCUT2D eigenvalue weighted by molar-refractivity contribution is 7.17. The second-order valence-electron chi connectivity index (χ2n) is 3.82. The lowest BCUT2D eigenvalue weighted by molar-refractivity contribution is 1.11. The molecule has 0 aliphatic rings. The molecule has 0 aliphatic carbocycles. The van der Waals surface area contributed by atoms with Crippen LogP contribution >= 0.6 is 11.3 Å². The van der Waals surface area contributed by atoms with Crippen LogP contribution in [0.5, 0.6) is 0 Å². The zero-order valence-corrected chi connectivity index (χ0v) is 10.6. The van der Waals surface area contributed by atoms with Gasteiger partial charge in [0.25, 0.3) is 0 Å². The average molecular weight is 264 g/mol. The zero-order chi connectivity index (χ0) is 13.1. The third-order valence-corrected chi connectivity index (χ3v) is 3.39. The van der Waals surface area contributed by atoms with Crippen molar-refractivity contribution in [2.75, 3.05) is 0 Å². The van der Waals surface area contributed by atoms with Crippen LogP contribution in [0.1, 0.15) is 17.1 Å². The standard InChI is InChI=1S/C14H8N4S/c15-8-11-3-5-16-14(18-11)2-1-10-7-13-12(17-9-10)4-6-19-13/h1-7,9H. The molecular formula is C14H8N4S. The van der Waals surface area contributed by atoms with E-state index in [1.165, 1.54) is 0 Å². The van der Waals surface area contributed by atoms with E-state index >= 15 is 0 Å². The molecular weight excluding hydrogens is 256 g/mol. The summed E-state index contributed by atoms with van der Waals surface area (Å²) >= 11 is 1.66. The van der Waals surface area contributed by atoms with Gasteiger partial charge in [0.1, 0.15) is 11.8 Å². The van der Waals surface area contributed by atoms with Crippen molar-refractivity contribution in [3.8, 4) is 6.07 Å². The smallest absolute Gasteiger partial charge is 0.153 e. The van der Waals surface area contributed by atoms with E-state index in [9.17, 15) is 0 Å². The van der Waals surface area contributed by atoms with E-state index in [1.54, 1.807) is 35.9 Å². The highest BCUT2D eigenvalue weighted by Crippen LogP contribution is 2.20. The molecule has 0 aromatic carbocycles. The van der Waals surface area contributed by atoms with Crippen molar-refractivity contribution in [3.05, 3.63) is 53.1 Å². The van der Waals surface area contributed by atoms with Gasteiger partial charge >= 0.3 is 0 Å². The summed E-state index contributed by atoms with van der Waals surface area (Å²) in [5.74, 6) is 0.519. The van der Waals surface area contributed by atoms with Gasteiger partial charge in [-0.05, 0) is 41.3 Å². The Kier molecular flexibility index (Phi) is 3.01. The van der Waals surface area contributed by atoms with Crippen molar-refractivity contribution in [2.45, 2.75) is 0 Å². The summed E-state index contributed by atoms with van der Waals surface area (Å²) in [6.45, 7) is 0. The summed E-state index contributed by atoms with van der Waals surface area (Å²) < 4.78 is 1.15. The molecule has 0 radical (unpaired) electrons. The molecule has 0 N–H and O–H groups in total. The van der Waals surface area contributed by atoms with Crippen LogP contribution in [0.15, 0.2) is 36.0 Å². The number of rotatable bonds is 2. The molecule has 3 aromatic rings. The van der Waals surface area contributed by atoms with Gasteiger partial charge in [-0.2, -0.15) is 5.26 Å². The molecule has 19 heavy (non-hydrogen) atoms. The van der Waals surface area contributed by atoms with E-state index in [1.807, 2.05) is 23.6 Å². The summed E-state index contributed by atoms with van der Waals surface area (Å²) in [5, 5.41) is 10.8. The Morgan fingerprint density at radius 2 is 2.16 bits per heavy atom. The van der Waals surface area contributed by atoms with E-state index in [0.717, 1.165) is 15.8 Å². The third kappa shape index (κ3) is 2.49. The second-order valence-corrected chi connectivity index (χ2v) is 4.77. The number of aromatic nitrogens is 3. The van der Waals surface area contributed by atoms with Crippen LogP contribution in [0.3, 0.4) is 0 Å². The average Bonchev–Trinajstić information content (AvgIpc) is 2.93. The number of pyridine rings is 1. The molecule has 3 aromatic heterocycles. The van der Waals surface area contributed by atoms with E-state index in [4.69, 9.17) is 5.26 Å². The summed E-state index contributed by atoms with van der Waals surface area (Å²) in [6.07, 6.45) is 7.05. The molecule has 5 heteroatoms. The van der Waals surface area contributed by atoms with Gasteiger partial charge in [-0.15, -0.1) is 11.3 Å². The normalized spacial score (nSPS) is 10.9. The predicted octanol–water partition coefficient (Wildman–Crippen LogP) is 3.13. The van der Waals surface area contributed by atoms with Crippen LogP contribution in [0.25, 0.3) is 22.4 Å². The van der Waals surface area contributed by atoms with Crippen molar-refractivity contribution >= 4 is 33.7 Å². The van der Waals surface area contributed by atoms with Gasteiger partial charge in [-0.3, -0.25) is 4.98 Å². The highest BCUT2D eigenvalue weighted by Gasteiger charge is 1.97. The molecule has 0 saturated carbocycles. The number of thiophene rings is 1. The van der Waals surface area contributed by atoms with Crippen LogP contribution in [0.2, 0.25) is 0 Å². The molecule has 0 aliphatic heterocycles. The molecule has 0 saturated heterocycles. The van der Waals surface area contributed by atoms with Gasteiger partial charge in [0.2, 0.25) is 0 Å². The fourth-order valence-electron chi connectivity index (χ4n) is 1.64. The number of fused-ring (bicyclic) bond motifs is 1. The van der Waals surface area contributed by atoms with Gasteiger partial charge in [0.05, 0.1) is 10.2 Å². The predicted molar refractivity (Wildman–Crippen MR) is 75.3 cm³/mol. The Balaban J connectivity index is 1.90. The number of hydrogen-bond donors (Lipinski definition) is 0. The number of hydrogen-bond acceptors (Lipinski definition) is 5. The maximum atomic E-state index is 8.77. The molecule has 0 unspecified atom stereocenters. The molecule has 3 rings (SSSR count).